The summed E-state index contributed by atoms with van der Waals surface area (Å²) >= 11 is 0. The number of allylic oxidation sites excluding steroid dienone is 1. The second kappa shape index (κ2) is 23.0. The highest BCUT2D eigenvalue weighted by Gasteiger charge is 1.61. The van der Waals surface area contributed by atoms with Crippen LogP contribution in [0.4, 0.5) is 0 Å². The minimum atomic E-state index is 0. The van der Waals surface area contributed by atoms with Crippen molar-refractivity contribution in [1.29, 1.82) is 0 Å². The summed E-state index contributed by atoms with van der Waals surface area (Å²) < 4.78 is 0. The molecule has 3 nitrogen and oxygen atoms in total. The van der Waals surface area contributed by atoms with Crippen LogP contribution in [0.1, 0.15) is 6.92 Å². The third kappa shape index (κ3) is 443. The van der Waals surface area contributed by atoms with E-state index in [-0.39, 0.29) is 12.4 Å². The molecular weight excluding hydrogens is 198 g/mol. The average molecular weight is 226 g/mol. The van der Waals surface area contributed by atoms with Crippen molar-refractivity contribution in [3.8, 4) is 0 Å². The van der Waals surface area contributed by atoms with Gasteiger partial charge in [-0.05, 0) is 6.92 Å². The van der Waals surface area contributed by atoms with Crippen LogP contribution in [-0.4, -0.2) is 49.3 Å². The molecule has 0 fully saturated rings. The predicted molar refractivity (Wildman–Crippen MR) is 61.6 cm³/mol. The predicted octanol–water partition coefficient (Wildman–Crippen LogP) is -3.95. The summed E-state index contributed by atoms with van der Waals surface area (Å²) in [4.78, 5) is 2.83. The number of nitrogens with zero attached hydrogens (tertiary/aromatic N) is 1. The molecule has 0 saturated heterocycles. The summed E-state index contributed by atoms with van der Waals surface area (Å²) in [5, 5.41) is 3.67. The molecule has 14 heavy (non-hydrogen) atoms. The van der Waals surface area contributed by atoms with Crippen LogP contribution in [0.2, 0.25) is 0 Å². The van der Waals surface area contributed by atoms with Gasteiger partial charge in [0.15, 0.2) is 0 Å². The summed E-state index contributed by atoms with van der Waals surface area (Å²) in [5.41, 5.74) is 0. The third-order valence-corrected chi connectivity index (χ3v) is 0.298. The van der Waals surface area contributed by atoms with Gasteiger partial charge in [0.25, 0.3) is 0 Å². The second-order valence-electron chi connectivity index (χ2n) is 3.74. The van der Waals surface area contributed by atoms with Crippen molar-refractivity contribution in [3.63, 3.8) is 0 Å². The summed E-state index contributed by atoms with van der Waals surface area (Å²) in [6.07, 6.45) is 3.64. The average Bonchev–Trinajstić information content (AvgIpc) is 1.86. The van der Waals surface area contributed by atoms with E-state index in [1.165, 1.54) is 9.80 Å². The molecule has 2 N–H and O–H groups in total. The first-order valence-corrected chi connectivity index (χ1v) is 4.62. The van der Waals surface area contributed by atoms with Crippen LogP contribution in [0.15, 0.2) is 12.3 Å². The molecule has 0 heterocycles. The van der Waals surface area contributed by atoms with Crippen LogP contribution >= 0.6 is 0 Å². The first kappa shape index (κ1) is 23.5. The van der Waals surface area contributed by atoms with Crippen LogP contribution in [0.5, 0.6) is 0 Å². The van der Waals surface area contributed by atoms with Gasteiger partial charge in [-0.3, -0.25) is 0 Å². The van der Waals surface area contributed by atoms with Gasteiger partial charge in [0.1, 0.15) is 0 Å². The molecule has 0 bridgehead atoms. The molecule has 0 unspecified atom stereocenters. The number of nitrogens with one attached hydrogen (secondary N) is 2. The maximum Gasteiger partial charge on any atom is 0.0661 e. The molecule has 0 rings (SSSR count). The van der Waals surface area contributed by atoms with E-state index in [2.05, 4.69) is 47.6 Å². The van der Waals surface area contributed by atoms with Crippen LogP contribution in [0.3, 0.4) is 0 Å². The molecule has 0 aromatic carbocycles. The Balaban J connectivity index is -0.0000000522. The van der Waals surface area contributed by atoms with Crippen LogP contribution in [0.25, 0.3) is 5.32 Å². The van der Waals surface area contributed by atoms with Gasteiger partial charge >= 0.3 is 0 Å². The number of rotatable bonds is 1. The van der Waals surface area contributed by atoms with E-state index >= 15 is 0 Å². The number of halogens is 1. The first-order valence-electron chi connectivity index (χ1n) is 4.62. The molecule has 0 radical (unpaired) electrons. The SMILES string of the molecule is CC=C[N-]C.C[NH+](C)C.C[NH+](C)C.[Cl-]. The fourth-order valence-electron chi connectivity index (χ4n) is 0.149. The molecule has 0 aliphatic carbocycles. The maximum absolute atomic E-state index is 3.67. The Kier molecular flexibility index (Phi) is 38.6. The van der Waals surface area contributed by atoms with Crippen LogP contribution in [0, 0.1) is 0 Å². The van der Waals surface area contributed by atoms with Crippen molar-refractivity contribution in [2.24, 2.45) is 0 Å². The van der Waals surface area contributed by atoms with Crippen molar-refractivity contribution in [2.45, 2.75) is 6.92 Å². The molecule has 0 atom stereocenters. The van der Waals surface area contributed by atoms with E-state index in [4.69, 9.17) is 0 Å². The van der Waals surface area contributed by atoms with Crippen LogP contribution in [-0.2, 0) is 0 Å². The maximum atomic E-state index is 3.67. The van der Waals surface area contributed by atoms with Gasteiger partial charge in [0.2, 0.25) is 0 Å². The highest BCUT2D eigenvalue weighted by molar-refractivity contribution is 4.92. The van der Waals surface area contributed by atoms with Gasteiger partial charge in [-0.15, -0.1) is 13.1 Å². The quantitative estimate of drug-likeness (QED) is 0.455. The van der Waals surface area contributed by atoms with Crippen molar-refractivity contribution < 1.29 is 22.2 Å². The van der Waals surface area contributed by atoms with Gasteiger partial charge in [-0.25, -0.2) is 0 Å². The topological polar surface area (TPSA) is 23.0 Å². The molecule has 0 aliphatic rings. The summed E-state index contributed by atoms with van der Waals surface area (Å²) in [5.74, 6) is 0. The number of hydrogen-bond donors (Lipinski definition) is 2. The molecule has 0 aliphatic heterocycles. The fourth-order valence-corrected chi connectivity index (χ4v) is 0.149. The van der Waals surface area contributed by atoms with Crippen molar-refractivity contribution in [2.75, 3.05) is 49.3 Å². The Labute approximate surface area is 96.6 Å². The van der Waals surface area contributed by atoms with E-state index in [1.54, 1.807) is 13.2 Å². The lowest BCUT2D eigenvalue weighted by atomic mass is 10.7. The van der Waals surface area contributed by atoms with E-state index < -0.39 is 0 Å². The normalized spacial score (nSPS) is 8.43. The number of quaternary nitrogens is 2. The lowest BCUT2D eigenvalue weighted by Gasteiger charge is -1.96. The van der Waals surface area contributed by atoms with E-state index in [0.717, 1.165) is 0 Å². The zero-order chi connectivity index (χ0) is 11.3. The third-order valence-electron chi connectivity index (χ3n) is 0.298. The molecule has 0 amide bonds. The minimum absolute atomic E-state index is 0. The Morgan fingerprint density at radius 2 is 1.07 bits per heavy atom. The van der Waals surface area contributed by atoms with E-state index in [0.29, 0.717) is 0 Å². The molecular formula is C10H28ClN3. The molecule has 0 saturated carbocycles. The van der Waals surface area contributed by atoms with Gasteiger partial charge in [0, 0.05) is 0 Å². The van der Waals surface area contributed by atoms with Gasteiger partial charge < -0.3 is 27.5 Å². The zero-order valence-electron chi connectivity index (χ0n) is 11.0. The smallest absolute Gasteiger partial charge is 0.0661 e. The summed E-state index contributed by atoms with van der Waals surface area (Å²) in [7, 11) is 14.3. The number of hydrogen-bond acceptors (Lipinski definition) is 0. The van der Waals surface area contributed by atoms with Crippen molar-refractivity contribution in [1.82, 2.24) is 0 Å². The Morgan fingerprint density at radius 3 is 1.07 bits per heavy atom. The monoisotopic (exact) mass is 225 g/mol. The van der Waals surface area contributed by atoms with E-state index in [1.807, 2.05) is 13.0 Å². The molecule has 90 valence electrons. The van der Waals surface area contributed by atoms with Crippen LogP contribution < -0.4 is 22.2 Å². The van der Waals surface area contributed by atoms with E-state index in [9.17, 15) is 0 Å². The molecule has 4 heteroatoms. The standard InChI is InChI=1S/C4H8N.2C3H9N.ClH/c1-3-4-5-2;2*1-4(2)3;/h3-4H,1-2H3;2*1-3H3;1H/q-1;;;/p+1. The Hall–Kier alpha value is -0.250. The van der Waals surface area contributed by atoms with Crippen molar-refractivity contribution in [3.05, 3.63) is 17.6 Å². The van der Waals surface area contributed by atoms with Gasteiger partial charge in [-0.2, -0.15) is 6.20 Å². The minimum Gasteiger partial charge on any atom is -1.00 e. The Bertz CT molecular complexity index is 81.9. The van der Waals surface area contributed by atoms with Gasteiger partial charge in [-0.1, -0.05) is 0 Å². The fraction of sp³-hybridized carbons (Fsp3) is 0.800. The molecule has 0 aromatic heterocycles. The zero-order valence-corrected chi connectivity index (χ0v) is 11.7. The lowest BCUT2D eigenvalue weighted by Crippen LogP contribution is -3.02. The highest BCUT2D eigenvalue weighted by Crippen LogP contribution is 1.74. The lowest BCUT2D eigenvalue weighted by molar-refractivity contribution is -0.836. The molecule has 0 aromatic rings. The largest absolute Gasteiger partial charge is 1.00 e. The summed E-state index contributed by atoms with van der Waals surface area (Å²) in [6.45, 7) is 1.94. The van der Waals surface area contributed by atoms with Crippen molar-refractivity contribution >= 4 is 0 Å². The van der Waals surface area contributed by atoms with Gasteiger partial charge in [0.05, 0.1) is 42.3 Å². The highest BCUT2D eigenvalue weighted by atomic mass is 35.5. The molecule has 0 spiro atoms. The first-order chi connectivity index (χ1) is 5.88. The summed E-state index contributed by atoms with van der Waals surface area (Å²) in [6, 6.07) is 0. The second-order valence-corrected chi connectivity index (χ2v) is 3.74. The Morgan fingerprint density at radius 1 is 0.857 bits per heavy atom.